The Kier molecular flexibility index (Phi) is 4.30. The Labute approximate surface area is 162 Å². The van der Waals surface area contributed by atoms with Crippen molar-refractivity contribution in [2.75, 3.05) is 5.73 Å². The summed E-state index contributed by atoms with van der Waals surface area (Å²) >= 11 is 0. The van der Waals surface area contributed by atoms with Crippen LogP contribution in [0.25, 0.3) is 26.9 Å². The number of fused-ring (bicyclic) bond motifs is 1. The fourth-order valence-electron chi connectivity index (χ4n) is 3.44. The summed E-state index contributed by atoms with van der Waals surface area (Å²) in [5, 5.41) is 0.991. The predicted octanol–water partition coefficient (Wildman–Crippen LogP) is 4.59. The van der Waals surface area contributed by atoms with Crippen LogP contribution in [0.15, 0.2) is 72.9 Å². The van der Waals surface area contributed by atoms with Gasteiger partial charge in [-0.15, -0.1) is 0 Å². The minimum absolute atomic E-state index is 0.443. The van der Waals surface area contributed by atoms with E-state index in [0.29, 0.717) is 23.5 Å². The molecule has 0 saturated carbocycles. The van der Waals surface area contributed by atoms with Crippen LogP contribution >= 0.6 is 0 Å². The molecule has 4 aromatic rings. The van der Waals surface area contributed by atoms with E-state index in [0.717, 1.165) is 27.6 Å². The van der Waals surface area contributed by atoms with Gasteiger partial charge in [0.2, 0.25) is 5.91 Å². The zero-order valence-corrected chi connectivity index (χ0v) is 15.1. The molecule has 4 rings (SSSR count). The number of amides is 1. The van der Waals surface area contributed by atoms with Crippen LogP contribution in [0.3, 0.4) is 0 Å². The SMILES string of the molecule is [C-]#[N+]c1ccc2c(c1)c(-c1cccc(N)c1)cn2Cc1cccc(C(N)=O)c1. The van der Waals surface area contributed by atoms with Crippen molar-refractivity contribution < 1.29 is 4.79 Å². The second-order valence-electron chi connectivity index (χ2n) is 6.67. The van der Waals surface area contributed by atoms with Gasteiger partial charge >= 0.3 is 0 Å². The first-order chi connectivity index (χ1) is 13.5. The van der Waals surface area contributed by atoms with Crippen LogP contribution in [0.2, 0.25) is 0 Å². The highest BCUT2D eigenvalue weighted by molar-refractivity contribution is 5.98. The Morgan fingerprint density at radius 1 is 1.04 bits per heavy atom. The standard InChI is InChI=1S/C23H18N4O/c1-26-19-8-9-22-20(12-19)21(16-5-3-7-18(24)11-16)14-27(22)13-15-4-2-6-17(10-15)23(25)28/h2-12,14H,13,24H2,(H2,25,28). The van der Waals surface area contributed by atoms with E-state index >= 15 is 0 Å². The van der Waals surface area contributed by atoms with Crippen molar-refractivity contribution in [3.63, 3.8) is 0 Å². The first kappa shape index (κ1) is 17.4. The topological polar surface area (TPSA) is 78.4 Å². The number of primary amides is 1. The molecule has 1 aromatic heterocycles. The third kappa shape index (κ3) is 3.19. The summed E-state index contributed by atoms with van der Waals surface area (Å²) < 4.78 is 2.11. The first-order valence-corrected chi connectivity index (χ1v) is 8.80. The Hall–Kier alpha value is -4.04. The van der Waals surface area contributed by atoms with Crippen LogP contribution in [-0.4, -0.2) is 10.5 Å². The van der Waals surface area contributed by atoms with Gasteiger partial charge in [-0.05, 0) is 52.9 Å². The molecule has 1 heterocycles. The van der Waals surface area contributed by atoms with Gasteiger partial charge in [-0.1, -0.05) is 30.3 Å². The van der Waals surface area contributed by atoms with Gasteiger partial charge in [0.05, 0.1) is 6.57 Å². The maximum absolute atomic E-state index is 11.5. The van der Waals surface area contributed by atoms with Crippen LogP contribution in [0.4, 0.5) is 11.4 Å². The number of nitrogens with two attached hydrogens (primary N) is 2. The number of hydrogen-bond acceptors (Lipinski definition) is 2. The molecule has 5 nitrogen and oxygen atoms in total. The normalized spacial score (nSPS) is 10.7. The molecule has 28 heavy (non-hydrogen) atoms. The minimum atomic E-state index is -0.443. The summed E-state index contributed by atoms with van der Waals surface area (Å²) in [4.78, 5) is 15.0. The highest BCUT2D eigenvalue weighted by Gasteiger charge is 2.12. The summed E-state index contributed by atoms with van der Waals surface area (Å²) in [6.45, 7) is 7.91. The molecule has 0 atom stereocenters. The molecule has 0 radical (unpaired) electrons. The number of nitrogens with zero attached hydrogens (tertiary/aromatic N) is 2. The summed E-state index contributed by atoms with van der Waals surface area (Å²) in [7, 11) is 0. The maximum atomic E-state index is 11.5. The molecule has 0 unspecified atom stereocenters. The van der Waals surface area contributed by atoms with Crippen molar-refractivity contribution in [2.24, 2.45) is 5.73 Å². The van der Waals surface area contributed by atoms with Crippen LogP contribution < -0.4 is 11.5 Å². The van der Waals surface area contributed by atoms with Gasteiger partial charge in [0.1, 0.15) is 0 Å². The van der Waals surface area contributed by atoms with E-state index in [4.69, 9.17) is 18.0 Å². The van der Waals surface area contributed by atoms with Crippen molar-refractivity contribution in [2.45, 2.75) is 6.54 Å². The van der Waals surface area contributed by atoms with Gasteiger partial charge in [-0.25, -0.2) is 4.85 Å². The second kappa shape index (κ2) is 6.93. The first-order valence-electron chi connectivity index (χ1n) is 8.80. The summed E-state index contributed by atoms with van der Waals surface area (Å²) in [5.41, 5.74) is 17.1. The van der Waals surface area contributed by atoms with Gasteiger partial charge in [-0.3, -0.25) is 4.79 Å². The smallest absolute Gasteiger partial charge is 0.248 e. The molecule has 0 saturated heterocycles. The molecule has 1 amide bonds. The lowest BCUT2D eigenvalue weighted by atomic mass is 10.0. The van der Waals surface area contributed by atoms with Crippen LogP contribution in [-0.2, 0) is 6.54 Å². The number of benzene rings is 3. The van der Waals surface area contributed by atoms with Gasteiger partial charge < -0.3 is 16.0 Å². The highest BCUT2D eigenvalue weighted by atomic mass is 16.1. The predicted molar refractivity (Wildman–Crippen MR) is 112 cm³/mol. The van der Waals surface area contributed by atoms with Gasteiger partial charge in [0, 0.05) is 35.1 Å². The zero-order chi connectivity index (χ0) is 19.7. The second-order valence-corrected chi connectivity index (χ2v) is 6.67. The van der Waals surface area contributed by atoms with Gasteiger partial charge in [0.15, 0.2) is 5.69 Å². The van der Waals surface area contributed by atoms with E-state index in [1.807, 2.05) is 60.7 Å². The largest absolute Gasteiger partial charge is 0.399 e. The fourth-order valence-corrected chi connectivity index (χ4v) is 3.44. The number of anilines is 1. The van der Waals surface area contributed by atoms with Crippen LogP contribution in [0.5, 0.6) is 0 Å². The minimum Gasteiger partial charge on any atom is -0.399 e. The fraction of sp³-hybridized carbons (Fsp3) is 0.0435. The Bertz CT molecular complexity index is 1250. The van der Waals surface area contributed by atoms with Crippen molar-refractivity contribution in [1.29, 1.82) is 0 Å². The van der Waals surface area contributed by atoms with Crippen LogP contribution in [0, 0.1) is 6.57 Å². The molecule has 4 N–H and O–H groups in total. The van der Waals surface area contributed by atoms with Gasteiger partial charge in [0.25, 0.3) is 0 Å². The lowest BCUT2D eigenvalue weighted by Crippen LogP contribution is -2.11. The number of carbonyl (C=O) groups is 1. The Balaban J connectivity index is 1.86. The third-order valence-electron chi connectivity index (χ3n) is 4.76. The van der Waals surface area contributed by atoms with Crippen molar-refractivity contribution in [3.8, 4) is 11.1 Å². The average molecular weight is 366 g/mol. The lowest BCUT2D eigenvalue weighted by molar-refractivity contribution is 0.1000. The molecule has 0 bridgehead atoms. The van der Waals surface area contributed by atoms with E-state index in [-0.39, 0.29) is 0 Å². The van der Waals surface area contributed by atoms with Gasteiger partial charge in [-0.2, -0.15) is 0 Å². The number of aromatic nitrogens is 1. The highest BCUT2D eigenvalue weighted by Crippen LogP contribution is 2.34. The van der Waals surface area contributed by atoms with Crippen molar-refractivity contribution in [1.82, 2.24) is 4.57 Å². The monoisotopic (exact) mass is 366 g/mol. The van der Waals surface area contributed by atoms with E-state index in [2.05, 4.69) is 15.6 Å². The molecule has 5 heteroatoms. The van der Waals surface area contributed by atoms with E-state index in [1.165, 1.54) is 0 Å². The molecule has 0 aliphatic carbocycles. The number of nitrogen functional groups attached to an aromatic ring is 1. The average Bonchev–Trinajstić information content (AvgIpc) is 3.05. The van der Waals surface area contributed by atoms with Crippen molar-refractivity contribution >= 4 is 28.2 Å². The Morgan fingerprint density at radius 3 is 2.61 bits per heavy atom. The molecule has 0 aliphatic rings. The molecule has 136 valence electrons. The summed E-state index contributed by atoms with van der Waals surface area (Å²) in [6, 6.07) is 20.7. The molecule has 0 spiro atoms. The summed E-state index contributed by atoms with van der Waals surface area (Å²) in [6.07, 6.45) is 2.06. The summed E-state index contributed by atoms with van der Waals surface area (Å²) in [5.74, 6) is -0.443. The molecule has 0 aliphatic heterocycles. The molecule has 3 aromatic carbocycles. The van der Waals surface area contributed by atoms with E-state index < -0.39 is 5.91 Å². The van der Waals surface area contributed by atoms with E-state index in [1.54, 1.807) is 6.07 Å². The quantitative estimate of drug-likeness (QED) is 0.409. The molecule has 0 fully saturated rings. The number of hydrogen-bond donors (Lipinski definition) is 2. The lowest BCUT2D eigenvalue weighted by Gasteiger charge is -2.07. The number of carbonyl (C=O) groups excluding carboxylic acids is 1. The number of rotatable bonds is 4. The maximum Gasteiger partial charge on any atom is 0.248 e. The third-order valence-corrected chi connectivity index (χ3v) is 4.76. The molecular formula is C23H18N4O. The van der Waals surface area contributed by atoms with Crippen molar-refractivity contribution in [3.05, 3.63) is 95.5 Å². The molecular weight excluding hydrogens is 348 g/mol. The van der Waals surface area contributed by atoms with E-state index in [9.17, 15) is 4.79 Å². The zero-order valence-electron chi connectivity index (χ0n) is 15.1. The Morgan fingerprint density at radius 2 is 1.86 bits per heavy atom. The van der Waals surface area contributed by atoms with Crippen LogP contribution in [0.1, 0.15) is 15.9 Å².